The van der Waals surface area contributed by atoms with Gasteiger partial charge in [0, 0.05) is 54.5 Å². The van der Waals surface area contributed by atoms with Crippen LogP contribution in [0.5, 0.6) is 0 Å². The van der Waals surface area contributed by atoms with Crippen LogP contribution in [0.2, 0.25) is 0 Å². The van der Waals surface area contributed by atoms with Gasteiger partial charge < -0.3 is 4.90 Å². The Morgan fingerprint density at radius 1 is 0.967 bits per heavy atom. The van der Waals surface area contributed by atoms with Crippen LogP contribution in [-0.2, 0) is 7.05 Å². The maximum atomic E-state index is 3.39. The number of aryl methyl sites for hydroxylation is 3. The predicted molar refractivity (Wildman–Crippen MR) is 125 cm³/mol. The number of hydrogen-bond acceptors (Lipinski definition) is 1. The Kier molecular flexibility index (Phi) is 5.17. The van der Waals surface area contributed by atoms with Gasteiger partial charge in [-0.25, -0.2) is 9.55 Å². The van der Waals surface area contributed by atoms with Gasteiger partial charge in [-0.05, 0) is 63.2 Å². The van der Waals surface area contributed by atoms with Gasteiger partial charge in [0.05, 0.1) is 6.20 Å². The molecule has 4 nitrogen and oxygen atoms in total. The van der Waals surface area contributed by atoms with Crippen molar-refractivity contribution in [3.63, 3.8) is 0 Å². The number of hydrogen-bond donors (Lipinski definition) is 0. The van der Waals surface area contributed by atoms with E-state index in [1.54, 1.807) is 0 Å². The SMILES string of the molecule is Cc1ccc[nH+]c1-n1c(C)cc(/C=C/c2ccc3cc(N(C)C)ccc3[n+]2C)c1C. The van der Waals surface area contributed by atoms with E-state index in [0.29, 0.717) is 0 Å². The van der Waals surface area contributed by atoms with Gasteiger partial charge in [0.1, 0.15) is 18.4 Å². The summed E-state index contributed by atoms with van der Waals surface area (Å²) in [6.07, 6.45) is 6.40. The highest BCUT2D eigenvalue weighted by molar-refractivity contribution is 5.81. The lowest BCUT2D eigenvalue weighted by molar-refractivity contribution is -0.646. The molecular formula is C26H30N4+2. The third-order valence-electron chi connectivity index (χ3n) is 5.87. The first kappa shape index (κ1) is 19.9. The average Bonchev–Trinajstić information content (AvgIpc) is 3.01. The number of rotatable bonds is 4. The van der Waals surface area contributed by atoms with Crippen LogP contribution < -0.4 is 14.5 Å². The molecule has 0 aliphatic rings. The van der Waals surface area contributed by atoms with Crippen LogP contribution in [-0.4, -0.2) is 18.7 Å². The summed E-state index contributed by atoms with van der Waals surface area (Å²) in [5.41, 5.74) is 8.52. The van der Waals surface area contributed by atoms with Crippen LogP contribution >= 0.6 is 0 Å². The van der Waals surface area contributed by atoms with E-state index in [2.05, 4.69) is 116 Å². The number of H-pyrrole nitrogens is 1. The van der Waals surface area contributed by atoms with Crippen LogP contribution in [0.1, 0.15) is 28.2 Å². The zero-order valence-corrected chi connectivity index (χ0v) is 18.7. The number of nitrogens with zero attached hydrogens (tertiary/aromatic N) is 3. The molecule has 3 aromatic heterocycles. The van der Waals surface area contributed by atoms with Crippen LogP contribution in [0.4, 0.5) is 5.69 Å². The molecule has 1 aromatic carbocycles. The molecule has 0 amide bonds. The molecule has 0 aliphatic heterocycles. The van der Waals surface area contributed by atoms with Crippen molar-refractivity contribution in [2.75, 3.05) is 19.0 Å². The highest BCUT2D eigenvalue weighted by atomic mass is 15.1. The van der Waals surface area contributed by atoms with Crippen LogP contribution in [0.3, 0.4) is 0 Å². The third kappa shape index (κ3) is 3.50. The molecule has 0 bridgehead atoms. The van der Waals surface area contributed by atoms with E-state index in [9.17, 15) is 0 Å². The summed E-state index contributed by atoms with van der Waals surface area (Å²) in [4.78, 5) is 5.53. The summed E-state index contributed by atoms with van der Waals surface area (Å²) in [5.74, 6) is 1.13. The van der Waals surface area contributed by atoms with Gasteiger partial charge in [-0.15, -0.1) is 0 Å². The standard InChI is InChI=1S/C26H29N4/c1-18-8-7-15-27-26(18)30-19(2)16-21(20(30)3)9-11-23-12-10-22-17-24(28(4)5)13-14-25(22)29(23)6/h7-17H,1-6H3/q+1/p+1. The van der Waals surface area contributed by atoms with Crippen LogP contribution in [0.15, 0.2) is 54.7 Å². The molecule has 152 valence electrons. The molecule has 0 saturated carbocycles. The fourth-order valence-corrected chi connectivity index (χ4v) is 4.08. The van der Waals surface area contributed by atoms with Gasteiger partial charge in [-0.2, -0.15) is 4.57 Å². The van der Waals surface area contributed by atoms with Crippen molar-refractivity contribution >= 4 is 28.7 Å². The first-order valence-electron chi connectivity index (χ1n) is 10.3. The number of pyridine rings is 2. The van der Waals surface area contributed by atoms with E-state index >= 15 is 0 Å². The summed E-state index contributed by atoms with van der Waals surface area (Å²) >= 11 is 0. The number of benzene rings is 1. The third-order valence-corrected chi connectivity index (χ3v) is 5.87. The van der Waals surface area contributed by atoms with E-state index in [0.717, 1.165) is 5.82 Å². The second-order valence-corrected chi connectivity index (χ2v) is 8.15. The normalized spacial score (nSPS) is 11.5. The lowest BCUT2D eigenvalue weighted by Crippen LogP contribution is -2.32. The Morgan fingerprint density at radius 2 is 1.77 bits per heavy atom. The molecule has 1 N–H and O–H groups in total. The second-order valence-electron chi connectivity index (χ2n) is 8.15. The zero-order valence-electron chi connectivity index (χ0n) is 18.7. The Bertz CT molecular complexity index is 1260. The van der Waals surface area contributed by atoms with Gasteiger partial charge in [-0.1, -0.05) is 0 Å². The minimum Gasteiger partial charge on any atom is -0.378 e. The largest absolute Gasteiger partial charge is 0.378 e. The molecule has 4 aromatic rings. The minimum atomic E-state index is 1.13. The molecule has 0 fully saturated rings. The van der Waals surface area contributed by atoms with Crippen molar-refractivity contribution in [2.24, 2.45) is 7.05 Å². The molecule has 0 radical (unpaired) electrons. The summed E-state index contributed by atoms with van der Waals surface area (Å²) in [7, 11) is 6.27. The molecule has 4 rings (SSSR count). The number of aromatic amines is 1. The molecule has 4 heteroatoms. The fraction of sp³-hybridized carbons (Fsp3) is 0.231. The maximum absolute atomic E-state index is 3.39. The summed E-state index contributed by atoms with van der Waals surface area (Å²) in [6.45, 7) is 6.47. The van der Waals surface area contributed by atoms with Crippen molar-refractivity contribution in [3.8, 4) is 5.82 Å². The molecule has 0 spiro atoms. The number of fused-ring (bicyclic) bond motifs is 1. The van der Waals surface area contributed by atoms with Crippen molar-refractivity contribution in [1.29, 1.82) is 0 Å². The quantitative estimate of drug-likeness (QED) is 0.467. The van der Waals surface area contributed by atoms with Gasteiger partial charge in [0.25, 0.3) is 5.82 Å². The molecule has 30 heavy (non-hydrogen) atoms. The highest BCUT2D eigenvalue weighted by Crippen LogP contribution is 2.23. The average molecular weight is 399 g/mol. The topological polar surface area (TPSA) is 26.2 Å². The molecule has 0 saturated heterocycles. The van der Waals surface area contributed by atoms with Gasteiger partial charge in [-0.3, -0.25) is 0 Å². The Morgan fingerprint density at radius 3 is 2.50 bits per heavy atom. The van der Waals surface area contributed by atoms with Gasteiger partial charge >= 0.3 is 0 Å². The van der Waals surface area contributed by atoms with E-state index in [1.165, 1.54) is 44.8 Å². The lowest BCUT2D eigenvalue weighted by atomic mass is 10.1. The van der Waals surface area contributed by atoms with E-state index < -0.39 is 0 Å². The second kappa shape index (κ2) is 7.79. The van der Waals surface area contributed by atoms with Crippen molar-refractivity contribution in [1.82, 2.24) is 4.57 Å². The fourth-order valence-electron chi connectivity index (χ4n) is 4.08. The first-order valence-corrected chi connectivity index (χ1v) is 10.3. The number of anilines is 1. The number of nitrogens with one attached hydrogen (secondary N) is 1. The summed E-state index contributed by atoms with van der Waals surface area (Å²) in [6, 6.07) is 17.4. The molecule has 3 heterocycles. The molecule has 0 atom stereocenters. The Hall–Kier alpha value is -3.40. The smallest absolute Gasteiger partial charge is 0.287 e. The van der Waals surface area contributed by atoms with E-state index in [4.69, 9.17) is 0 Å². The monoisotopic (exact) mass is 398 g/mol. The predicted octanol–water partition coefficient (Wildman–Crippen LogP) is 4.43. The van der Waals surface area contributed by atoms with Crippen LogP contribution in [0.25, 0.3) is 28.9 Å². The van der Waals surface area contributed by atoms with E-state index in [1.807, 2.05) is 12.3 Å². The minimum absolute atomic E-state index is 1.13. The Labute approximate surface area is 178 Å². The van der Waals surface area contributed by atoms with Crippen LogP contribution in [0, 0.1) is 20.8 Å². The maximum Gasteiger partial charge on any atom is 0.287 e. The molecular weight excluding hydrogens is 368 g/mol. The molecule has 0 unspecified atom stereocenters. The van der Waals surface area contributed by atoms with Crippen molar-refractivity contribution < 1.29 is 9.55 Å². The lowest BCUT2D eigenvalue weighted by Gasteiger charge is -2.12. The Balaban J connectivity index is 1.72. The summed E-state index contributed by atoms with van der Waals surface area (Å²) < 4.78 is 4.54. The van der Waals surface area contributed by atoms with Crippen molar-refractivity contribution in [3.05, 3.63) is 82.9 Å². The summed E-state index contributed by atoms with van der Waals surface area (Å²) in [5, 5.41) is 1.24. The van der Waals surface area contributed by atoms with Crippen molar-refractivity contribution in [2.45, 2.75) is 20.8 Å². The number of aromatic nitrogens is 3. The van der Waals surface area contributed by atoms with E-state index in [-0.39, 0.29) is 0 Å². The van der Waals surface area contributed by atoms with Gasteiger partial charge in [0.15, 0.2) is 0 Å². The molecule has 0 aliphatic carbocycles. The highest BCUT2D eigenvalue weighted by Gasteiger charge is 2.19. The van der Waals surface area contributed by atoms with Gasteiger partial charge in [0.2, 0.25) is 11.2 Å². The zero-order chi connectivity index (χ0) is 21.4. The first-order chi connectivity index (χ1) is 14.4.